The van der Waals surface area contributed by atoms with E-state index in [4.69, 9.17) is 0 Å². The molecule has 2 nitrogen and oxygen atoms in total. The van der Waals surface area contributed by atoms with E-state index < -0.39 is 18.3 Å². The summed E-state index contributed by atoms with van der Waals surface area (Å²) < 4.78 is 39.1. The molecular weight excluding hydrogens is 343 g/mol. The Kier molecular flexibility index (Phi) is 4.47. The summed E-state index contributed by atoms with van der Waals surface area (Å²) in [4.78, 5) is 2.73. The van der Waals surface area contributed by atoms with Crippen LogP contribution in [-0.2, 0) is 0 Å². The third-order valence-corrected chi connectivity index (χ3v) is 5.55. The van der Waals surface area contributed by atoms with E-state index in [0.29, 0.717) is 13.0 Å². The van der Waals surface area contributed by atoms with Crippen molar-refractivity contribution in [2.75, 3.05) is 11.4 Å². The summed E-state index contributed by atoms with van der Waals surface area (Å²) in [6.45, 7) is 2.47. The van der Waals surface area contributed by atoms with E-state index in [-0.39, 0.29) is 0 Å². The Morgan fingerprint density at radius 3 is 2.68 bits per heavy atom. The molecule has 108 valence electrons. The van der Waals surface area contributed by atoms with Crippen LogP contribution in [0.2, 0.25) is 0 Å². The van der Waals surface area contributed by atoms with Gasteiger partial charge in [-0.3, -0.25) is 0 Å². The molecule has 0 saturated carbocycles. The maximum Gasteiger partial charge on any atom is 0.416 e. The normalized spacial score (nSPS) is 22.6. The number of nitrogens with zero attached hydrogens (tertiary/aromatic N) is 1. The highest BCUT2D eigenvalue weighted by Gasteiger charge is 2.46. The molecule has 0 aliphatic carbocycles. The number of thiophene rings is 1. The summed E-state index contributed by atoms with van der Waals surface area (Å²) in [5.74, 6) is 0. The van der Waals surface area contributed by atoms with Gasteiger partial charge in [-0.1, -0.05) is 0 Å². The molecule has 1 aromatic heterocycles. The quantitative estimate of drug-likeness (QED) is 0.861. The number of aryl methyl sites for hydroxylation is 1. The number of aliphatic hydroxyl groups excluding tert-OH is 1. The van der Waals surface area contributed by atoms with Crippen molar-refractivity contribution in [2.45, 2.75) is 44.5 Å². The zero-order chi connectivity index (χ0) is 14.2. The highest BCUT2D eigenvalue weighted by molar-refractivity contribution is 9.10. The number of hydrogen-bond donors (Lipinski definition) is 1. The Labute approximate surface area is 122 Å². The maximum absolute atomic E-state index is 12.7. The minimum Gasteiger partial charge on any atom is -0.382 e. The first kappa shape index (κ1) is 15.1. The first-order valence-corrected chi connectivity index (χ1v) is 7.69. The van der Waals surface area contributed by atoms with Crippen LogP contribution < -0.4 is 4.90 Å². The van der Waals surface area contributed by atoms with Crippen molar-refractivity contribution < 1.29 is 18.3 Å². The Bertz CT molecular complexity index is 429. The molecule has 2 heterocycles. The standard InChI is InChI=1S/C12H15BrF3NOS/c1-7-8(13)6-10(19-7)17-5-3-2-4-9(17)11(18)12(14,15)16/h6,9,11,18H,2-5H2,1H3. The molecular formula is C12H15BrF3NOS. The largest absolute Gasteiger partial charge is 0.416 e. The van der Waals surface area contributed by atoms with Crippen molar-refractivity contribution >= 4 is 32.3 Å². The minimum atomic E-state index is -4.57. The fourth-order valence-corrected chi connectivity index (χ4v) is 3.97. The highest BCUT2D eigenvalue weighted by atomic mass is 79.9. The van der Waals surface area contributed by atoms with Gasteiger partial charge in [0.05, 0.1) is 11.0 Å². The maximum atomic E-state index is 12.7. The highest BCUT2D eigenvalue weighted by Crippen LogP contribution is 2.39. The summed E-state index contributed by atoms with van der Waals surface area (Å²) in [7, 11) is 0. The van der Waals surface area contributed by atoms with E-state index >= 15 is 0 Å². The van der Waals surface area contributed by atoms with E-state index in [1.54, 1.807) is 4.90 Å². The lowest BCUT2D eigenvalue weighted by Gasteiger charge is -2.39. The molecule has 0 radical (unpaired) electrons. The molecule has 0 amide bonds. The third kappa shape index (κ3) is 3.25. The Hall–Kier alpha value is -0.270. The fraction of sp³-hybridized carbons (Fsp3) is 0.667. The van der Waals surface area contributed by atoms with E-state index in [2.05, 4.69) is 15.9 Å². The molecule has 1 aliphatic rings. The number of hydrogen-bond acceptors (Lipinski definition) is 3. The lowest BCUT2D eigenvalue weighted by Crippen LogP contribution is -2.52. The van der Waals surface area contributed by atoms with E-state index in [0.717, 1.165) is 27.2 Å². The average molecular weight is 358 g/mol. The Balaban J connectivity index is 2.25. The van der Waals surface area contributed by atoms with Crippen LogP contribution in [0.1, 0.15) is 24.1 Å². The van der Waals surface area contributed by atoms with Crippen LogP contribution in [0, 0.1) is 6.92 Å². The average Bonchev–Trinajstić information content (AvgIpc) is 2.67. The van der Waals surface area contributed by atoms with Gasteiger partial charge in [0.1, 0.15) is 0 Å². The van der Waals surface area contributed by atoms with Gasteiger partial charge in [-0.2, -0.15) is 13.2 Å². The first-order chi connectivity index (χ1) is 8.80. The lowest BCUT2D eigenvalue weighted by atomic mass is 9.97. The lowest BCUT2D eigenvalue weighted by molar-refractivity contribution is -0.211. The van der Waals surface area contributed by atoms with Gasteiger partial charge in [-0.15, -0.1) is 11.3 Å². The molecule has 2 atom stereocenters. The SMILES string of the molecule is Cc1sc(N2CCCCC2C(O)C(F)(F)F)cc1Br. The second-order valence-electron chi connectivity index (χ2n) is 4.73. The van der Waals surface area contributed by atoms with Gasteiger partial charge >= 0.3 is 6.18 Å². The predicted molar refractivity (Wildman–Crippen MR) is 73.8 cm³/mol. The number of rotatable bonds is 2. The molecule has 1 N–H and O–H groups in total. The van der Waals surface area contributed by atoms with E-state index in [1.807, 2.05) is 13.0 Å². The smallest absolute Gasteiger partial charge is 0.382 e. The second-order valence-corrected chi connectivity index (χ2v) is 6.82. The van der Waals surface area contributed by atoms with Gasteiger partial charge in [-0.05, 0) is 48.2 Å². The molecule has 0 aromatic carbocycles. The van der Waals surface area contributed by atoms with Crippen LogP contribution in [0.3, 0.4) is 0 Å². The fourth-order valence-electron chi connectivity index (χ4n) is 2.36. The molecule has 2 rings (SSSR count). The summed E-state index contributed by atoms with van der Waals surface area (Å²) in [5, 5.41) is 10.3. The summed E-state index contributed by atoms with van der Waals surface area (Å²) in [6, 6.07) is 0.959. The van der Waals surface area contributed by atoms with Crippen LogP contribution in [-0.4, -0.2) is 30.0 Å². The number of aliphatic hydroxyl groups is 1. The van der Waals surface area contributed by atoms with Crippen molar-refractivity contribution in [2.24, 2.45) is 0 Å². The Morgan fingerprint density at radius 1 is 1.47 bits per heavy atom. The second kappa shape index (κ2) is 5.61. The molecule has 7 heteroatoms. The van der Waals surface area contributed by atoms with E-state index in [1.165, 1.54) is 11.3 Å². The van der Waals surface area contributed by atoms with Crippen LogP contribution in [0.4, 0.5) is 18.2 Å². The van der Waals surface area contributed by atoms with Gasteiger partial charge in [0.25, 0.3) is 0 Å². The summed E-state index contributed by atoms with van der Waals surface area (Å²) in [5.41, 5.74) is 0. The molecule has 1 fully saturated rings. The van der Waals surface area contributed by atoms with Gasteiger partial charge in [0.15, 0.2) is 6.10 Å². The van der Waals surface area contributed by atoms with E-state index in [9.17, 15) is 18.3 Å². The molecule has 2 unspecified atom stereocenters. The van der Waals surface area contributed by atoms with Crippen LogP contribution in [0.25, 0.3) is 0 Å². The summed E-state index contributed by atoms with van der Waals surface area (Å²) in [6.07, 6.45) is -4.90. The van der Waals surface area contributed by atoms with Gasteiger partial charge < -0.3 is 10.0 Å². The van der Waals surface area contributed by atoms with Gasteiger partial charge in [0, 0.05) is 15.9 Å². The first-order valence-electron chi connectivity index (χ1n) is 6.08. The topological polar surface area (TPSA) is 23.5 Å². The van der Waals surface area contributed by atoms with Gasteiger partial charge in [-0.25, -0.2) is 0 Å². The molecule has 1 aliphatic heterocycles. The predicted octanol–water partition coefficient (Wildman–Crippen LogP) is 4.10. The Morgan fingerprint density at radius 2 is 2.16 bits per heavy atom. The monoisotopic (exact) mass is 357 g/mol. The number of piperidine rings is 1. The number of alkyl halides is 3. The van der Waals surface area contributed by atoms with Crippen molar-refractivity contribution in [3.63, 3.8) is 0 Å². The molecule has 1 saturated heterocycles. The zero-order valence-corrected chi connectivity index (χ0v) is 12.8. The number of anilines is 1. The van der Waals surface area contributed by atoms with Crippen LogP contribution >= 0.6 is 27.3 Å². The summed E-state index contributed by atoms with van der Waals surface area (Å²) >= 11 is 4.83. The van der Waals surface area contributed by atoms with Crippen molar-refractivity contribution in [3.8, 4) is 0 Å². The molecule has 0 bridgehead atoms. The molecule has 1 aromatic rings. The zero-order valence-electron chi connectivity index (χ0n) is 10.4. The van der Waals surface area contributed by atoms with Crippen molar-refractivity contribution in [1.82, 2.24) is 0 Å². The molecule has 0 spiro atoms. The van der Waals surface area contributed by atoms with Crippen molar-refractivity contribution in [1.29, 1.82) is 0 Å². The van der Waals surface area contributed by atoms with Crippen LogP contribution in [0.15, 0.2) is 10.5 Å². The molecule has 19 heavy (non-hydrogen) atoms. The minimum absolute atomic E-state index is 0.370. The third-order valence-electron chi connectivity index (χ3n) is 3.38. The number of halogens is 4. The van der Waals surface area contributed by atoms with Gasteiger partial charge in [0.2, 0.25) is 0 Å². The van der Waals surface area contributed by atoms with Crippen molar-refractivity contribution in [3.05, 3.63) is 15.4 Å². The van der Waals surface area contributed by atoms with Crippen LogP contribution in [0.5, 0.6) is 0 Å².